The van der Waals surface area contributed by atoms with Gasteiger partial charge in [-0.05, 0) is 56.4 Å². The van der Waals surface area contributed by atoms with Crippen LogP contribution in [0.1, 0.15) is 40.0 Å². The SMILES string of the molecule is CC1=CC[C@@H]2[C@H]3/C(O)=C/C(=O)CC(=O)O[C@H](C)/C=C/C=C\[C@@H](C)[C@H]3C=C[C@H]2C1. The van der Waals surface area contributed by atoms with Crippen molar-refractivity contribution in [3.8, 4) is 0 Å². The number of aliphatic hydroxyl groups excluding tert-OH is 1. The van der Waals surface area contributed by atoms with Crippen molar-refractivity contribution >= 4 is 11.8 Å². The van der Waals surface area contributed by atoms with Gasteiger partial charge in [0.15, 0.2) is 5.78 Å². The molecular weight excluding hydrogens is 352 g/mol. The van der Waals surface area contributed by atoms with Crippen molar-refractivity contribution in [2.24, 2.45) is 29.6 Å². The molecule has 6 atom stereocenters. The molecule has 0 unspecified atom stereocenters. The lowest BCUT2D eigenvalue weighted by Gasteiger charge is -2.43. The molecule has 0 saturated heterocycles. The number of esters is 1. The van der Waals surface area contributed by atoms with Crippen LogP contribution in [0.15, 0.2) is 59.9 Å². The second-order valence-corrected chi connectivity index (χ2v) is 8.34. The van der Waals surface area contributed by atoms with Crippen molar-refractivity contribution in [2.45, 2.75) is 46.1 Å². The average Bonchev–Trinajstić information content (AvgIpc) is 2.62. The molecule has 0 amide bonds. The topological polar surface area (TPSA) is 63.6 Å². The molecule has 0 bridgehead atoms. The Labute approximate surface area is 167 Å². The molecule has 3 aliphatic rings. The van der Waals surface area contributed by atoms with Crippen LogP contribution in [0.5, 0.6) is 0 Å². The second-order valence-electron chi connectivity index (χ2n) is 8.34. The average molecular weight is 383 g/mol. The minimum absolute atomic E-state index is 0.0935. The number of ether oxygens (including phenoxy) is 1. The third-order valence-electron chi connectivity index (χ3n) is 6.10. The van der Waals surface area contributed by atoms with Gasteiger partial charge in [-0.25, -0.2) is 0 Å². The summed E-state index contributed by atoms with van der Waals surface area (Å²) in [6.45, 7) is 6.04. The molecule has 28 heavy (non-hydrogen) atoms. The number of hydrogen-bond donors (Lipinski definition) is 1. The molecule has 0 aromatic heterocycles. The zero-order valence-electron chi connectivity index (χ0n) is 16.9. The highest BCUT2D eigenvalue weighted by atomic mass is 16.5. The third kappa shape index (κ3) is 4.73. The normalized spacial score (nSPS) is 40.7. The number of carbonyl (C=O) groups is 2. The lowest BCUT2D eigenvalue weighted by atomic mass is 9.62. The Bertz CT molecular complexity index is 767. The van der Waals surface area contributed by atoms with E-state index in [2.05, 4.69) is 38.2 Å². The Hall–Kier alpha value is -2.36. The summed E-state index contributed by atoms with van der Waals surface area (Å²) in [5.41, 5.74) is 1.37. The third-order valence-corrected chi connectivity index (χ3v) is 6.10. The maximum Gasteiger partial charge on any atom is 0.314 e. The molecule has 0 spiro atoms. The Morgan fingerprint density at radius 2 is 1.82 bits per heavy atom. The molecular formula is C24H30O4. The molecule has 0 aromatic rings. The summed E-state index contributed by atoms with van der Waals surface area (Å²) in [5, 5.41) is 10.9. The Morgan fingerprint density at radius 1 is 1.07 bits per heavy atom. The first-order chi connectivity index (χ1) is 13.3. The molecule has 0 aromatic carbocycles. The molecule has 150 valence electrons. The van der Waals surface area contributed by atoms with E-state index >= 15 is 0 Å². The molecule has 1 N–H and O–H groups in total. The van der Waals surface area contributed by atoms with Crippen molar-refractivity contribution in [2.75, 3.05) is 0 Å². The largest absolute Gasteiger partial charge is 0.512 e. The van der Waals surface area contributed by atoms with Gasteiger partial charge in [0.2, 0.25) is 0 Å². The second kappa shape index (κ2) is 8.76. The van der Waals surface area contributed by atoms with Gasteiger partial charge in [0, 0.05) is 12.0 Å². The van der Waals surface area contributed by atoms with Crippen LogP contribution in [0.3, 0.4) is 0 Å². The number of cyclic esters (lactones) is 1. The Kier molecular flexibility index (Phi) is 6.38. The van der Waals surface area contributed by atoms with Gasteiger partial charge in [-0.3, -0.25) is 9.59 Å². The van der Waals surface area contributed by atoms with E-state index in [4.69, 9.17) is 4.74 Å². The molecule has 0 saturated carbocycles. The molecule has 0 fully saturated rings. The molecule has 1 heterocycles. The smallest absolute Gasteiger partial charge is 0.314 e. The van der Waals surface area contributed by atoms with Gasteiger partial charge in [0.25, 0.3) is 0 Å². The van der Waals surface area contributed by atoms with Crippen molar-refractivity contribution in [1.29, 1.82) is 0 Å². The van der Waals surface area contributed by atoms with Crippen molar-refractivity contribution in [3.63, 3.8) is 0 Å². The number of allylic oxidation sites excluding steroid dienone is 9. The maximum atomic E-state index is 12.3. The van der Waals surface area contributed by atoms with E-state index in [9.17, 15) is 14.7 Å². The lowest BCUT2D eigenvalue weighted by Crippen LogP contribution is -2.37. The van der Waals surface area contributed by atoms with Crippen molar-refractivity contribution < 1.29 is 19.4 Å². The Balaban J connectivity index is 1.98. The fraction of sp³-hybridized carbons (Fsp3) is 0.500. The summed E-state index contributed by atoms with van der Waals surface area (Å²) >= 11 is 0. The van der Waals surface area contributed by atoms with Gasteiger partial charge in [-0.15, -0.1) is 0 Å². The zero-order chi connectivity index (χ0) is 20.3. The van der Waals surface area contributed by atoms with E-state index in [-0.39, 0.29) is 35.9 Å². The number of rotatable bonds is 0. The highest BCUT2D eigenvalue weighted by molar-refractivity contribution is 6.02. The van der Waals surface area contributed by atoms with E-state index in [1.807, 2.05) is 12.2 Å². The molecule has 1 aliphatic heterocycles. The molecule has 3 rings (SSSR count). The van der Waals surface area contributed by atoms with Crippen LogP contribution in [-0.2, 0) is 14.3 Å². The summed E-state index contributed by atoms with van der Waals surface area (Å²) in [5.74, 6) is -0.0898. The summed E-state index contributed by atoms with van der Waals surface area (Å²) in [7, 11) is 0. The van der Waals surface area contributed by atoms with Crippen molar-refractivity contribution in [1.82, 2.24) is 0 Å². The minimum Gasteiger partial charge on any atom is -0.512 e. The minimum atomic E-state index is -0.574. The van der Waals surface area contributed by atoms with Crippen LogP contribution >= 0.6 is 0 Å². The van der Waals surface area contributed by atoms with Gasteiger partial charge in [-0.1, -0.05) is 49.0 Å². The van der Waals surface area contributed by atoms with E-state index in [0.29, 0.717) is 5.92 Å². The predicted octanol–water partition coefficient (Wildman–Crippen LogP) is 4.86. The monoisotopic (exact) mass is 382 g/mol. The van der Waals surface area contributed by atoms with Crippen LogP contribution in [-0.4, -0.2) is 23.0 Å². The summed E-state index contributed by atoms with van der Waals surface area (Å²) in [6.07, 6.45) is 16.9. The quantitative estimate of drug-likeness (QED) is 0.369. The number of hydrogen-bond acceptors (Lipinski definition) is 4. The maximum absolute atomic E-state index is 12.3. The highest BCUT2D eigenvalue weighted by Crippen LogP contribution is 2.47. The van der Waals surface area contributed by atoms with Gasteiger partial charge in [0.1, 0.15) is 12.5 Å². The summed E-state index contributed by atoms with van der Waals surface area (Å²) < 4.78 is 5.22. The molecule has 2 aliphatic carbocycles. The first-order valence-corrected chi connectivity index (χ1v) is 10.2. The van der Waals surface area contributed by atoms with E-state index in [0.717, 1.165) is 12.8 Å². The van der Waals surface area contributed by atoms with Crippen LogP contribution in [0.25, 0.3) is 0 Å². The zero-order valence-corrected chi connectivity index (χ0v) is 16.9. The van der Waals surface area contributed by atoms with Gasteiger partial charge >= 0.3 is 5.97 Å². The van der Waals surface area contributed by atoms with Crippen molar-refractivity contribution in [3.05, 3.63) is 59.9 Å². The van der Waals surface area contributed by atoms with Gasteiger partial charge in [0.05, 0.1) is 5.76 Å². The fourth-order valence-electron chi connectivity index (χ4n) is 4.67. The predicted molar refractivity (Wildman–Crippen MR) is 109 cm³/mol. The van der Waals surface area contributed by atoms with Crippen LogP contribution in [0.2, 0.25) is 0 Å². The van der Waals surface area contributed by atoms with E-state index in [1.165, 1.54) is 11.6 Å². The molecule has 4 nitrogen and oxygen atoms in total. The first kappa shape index (κ1) is 20.4. The number of aliphatic hydroxyl groups is 1. The lowest BCUT2D eigenvalue weighted by molar-refractivity contribution is -0.147. The van der Waals surface area contributed by atoms with E-state index in [1.54, 1.807) is 13.0 Å². The van der Waals surface area contributed by atoms with Gasteiger partial charge < -0.3 is 9.84 Å². The van der Waals surface area contributed by atoms with Crippen LogP contribution in [0, 0.1) is 29.6 Å². The van der Waals surface area contributed by atoms with E-state index < -0.39 is 17.9 Å². The number of fused-ring (bicyclic) bond motifs is 3. The van der Waals surface area contributed by atoms with Gasteiger partial charge in [-0.2, -0.15) is 0 Å². The number of carbonyl (C=O) groups excluding carboxylic acids is 2. The molecule has 0 radical (unpaired) electrons. The number of ketones is 1. The summed E-state index contributed by atoms with van der Waals surface area (Å²) in [4.78, 5) is 24.3. The molecule has 4 heteroatoms. The first-order valence-electron chi connectivity index (χ1n) is 10.2. The van der Waals surface area contributed by atoms with Crippen LogP contribution < -0.4 is 0 Å². The highest BCUT2D eigenvalue weighted by Gasteiger charge is 2.41. The standard InChI is InChI=1S/C24H30O4/c1-15-8-10-21-18(12-15)9-11-20-16(2)6-4-5-7-17(3)28-23(27)14-19(25)13-22(26)24(20)21/h4-9,11,13,16-18,20-21,24,26H,10,12,14H2,1-3H3/b6-4-,7-5+,22-13-/t16-,17-,18+,20-,21+,24+/m1/s1. The summed E-state index contributed by atoms with van der Waals surface area (Å²) in [6, 6.07) is 0. The fourth-order valence-corrected chi connectivity index (χ4v) is 4.67. The Morgan fingerprint density at radius 3 is 2.61 bits per heavy atom. The van der Waals surface area contributed by atoms with Crippen LogP contribution in [0.4, 0.5) is 0 Å².